The van der Waals surface area contributed by atoms with Crippen molar-refractivity contribution in [1.29, 1.82) is 0 Å². The lowest BCUT2D eigenvalue weighted by Gasteiger charge is -2.23. The molecule has 1 aliphatic heterocycles. The molecule has 1 heterocycles. The number of hydrogen-bond donors (Lipinski definition) is 2. The summed E-state index contributed by atoms with van der Waals surface area (Å²) in [6.45, 7) is 4.41. The van der Waals surface area contributed by atoms with Crippen LogP contribution in [0.1, 0.15) is 37.0 Å². The van der Waals surface area contributed by atoms with E-state index in [9.17, 15) is 9.59 Å². The topological polar surface area (TPSA) is 67.4 Å². The summed E-state index contributed by atoms with van der Waals surface area (Å²) >= 11 is 0. The van der Waals surface area contributed by atoms with E-state index >= 15 is 0 Å². The average molecular weight is 262 g/mol. The Morgan fingerprint density at radius 2 is 2.26 bits per heavy atom. The van der Waals surface area contributed by atoms with Gasteiger partial charge in [-0.2, -0.15) is 0 Å². The normalized spacial score (nSPS) is 17.2. The number of amides is 2. The second-order valence-corrected chi connectivity index (χ2v) is 4.57. The molecule has 2 N–H and O–H groups in total. The molecule has 0 aliphatic carbocycles. The Morgan fingerprint density at radius 3 is 3.00 bits per heavy atom. The fourth-order valence-electron chi connectivity index (χ4n) is 1.83. The Balaban J connectivity index is 2.10. The predicted molar refractivity (Wildman–Crippen MR) is 72.4 cm³/mol. The zero-order valence-corrected chi connectivity index (χ0v) is 11.2. The van der Waals surface area contributed by atoms with E-state index in [4.69, 9.17) is 4.74 Å². The maximum Gasteiger partial charge on any atom is 0.265 e. The van der Waals surface area contributed by atoms with Crippen molar-refractivity contribution < 1.29 is 14.3 Å². The number of ether oxygens (including phenoxy) is 1. The monoisotopic (exact) mass is 262 g/mol. The highest BCUT2D eigenvalue weighted by Crippen LogP contribution is 2.30. The summed E-state index contributed by atoms with van der Waals surface area (Å²) in [5.41, 5.74) is 1.07. The van der Waals surface area contributed by atoms with Gasteiger partial charge in [-0.15, -0.1) is 0 Å². The molecule has 0 bridgehead atoms. The second kappa shape index (κ2) is 5.73. The van der Waals surface area contributed by atoms with Gasteiger partial charge >= 0.3 is 0 Å². The Bertz CT molecular complexity index is 499. The van der Waals surface area contributed by atoms with Crippen LogP contribution in [0.15, 0.2) is 18.2 Å². The Morgan fingerprint density at radius 1 is 1.47 bits per heavy atom. The van der Waals surface area contributed by atoms with Crippen molar-refractivity contribution in [1.82, 2.24) is 5.32 Å². The van der Waals surface area contributed by atoms with Gasteiger partial charge in [0.1, 0.15) is 5.75 Å². The highest BCUT2D eigenvalue weighted by Gasteiger charge is 2.24. The average Bonchev–Trinajstić information content (AvgIpc) is 2.40. The smallest absolute Gasteiger partial charge is 0.265 e. The summed E-state index contributed by atoms with van der Waals surface area (Å²) in [6, 6.07) is 5.05. The first-order valence-electron chi connectivity index (χ1n) is 6.51. The lowest BCUT2D eigenvalue weighted by atomic mass is 10.1. The first kappa shape index (κ1) is 13.4. The Labute approximate surface area is 112 Å². The van der Waals surface area contributed by atoms with Gasteiger partial charge in [-0.05, 0) is 31.5 Å². The SMILES string of the molecule is CCCCNC(=O)c1ccc2c(c1)NC(=O)C(C)O2. The third-order valence-electron chi connectivity index (χ3n) is 2.99. The summed E-state index contributed by atoms with van der Waals surface area (Å²) in [7, 11) is 0. The van der Waals surface area contributed by atoms with Crippen molar-refractivity contribution in [2.45, 2.75) is 32.8 Å². The van der Waals surface area contributed by atoms with E-state index in [0.717, 1.165) is 12.8 Å². The number of unbranched alkanes of at least 4 members (excludes halogenated alkanes) is 1. The van der Waals surface area contributed by atoms with Crippen LogP contribution in [0.4, 0.5) is 5.69 Å². The lowest BCUT2D eigenvalue weighted by Crippen LogP contribution is -2.34. The molecular weight excluding hydrogens is 244 g/mol. The van der Waals surface area contributed by atoms with Gasteiger partial charge in [0.05, 0.1) is 5.69 Å². The van der Waals surface area contributed by atoms with Crippen molar-refractivity contribution in [3.63, 3.8) is 0 Å². The lowest BCUT2D eigenvalue weighted by molar-refractivity contribution is -0.122. The van der Waals surface area contributed by atoms with Gasteiger partial charge in [-0.1, -0.05) is 13.3 Å². The van der Waals surface area contributed by atoms with E-state index in [1.807, 2.05) is 0 Å². The highest BCUT2D eigenvalue weighted by atomic mass is 16.5. The Kier molecular flexibility index (Phi) is 4.04. The highest BCUT2D eigenvalue weighted by molar-refractivity contribution is 6.00. The third-order valence-corrected chi connectivity index (χ3v) is 2.99. The van der Waals surface area contributed by atoms with Gasteiger partial charge in [-0.25, -0.2) is 0 Å². The van der Waals surface area contributed by atoms with E-state index in [1.54, 1.807) is 25.1 Å². The van der Waals surface area contributed by atoms with Crippen LogP contribution in [-0.4, -0.2) is 24.5 Å². The zero-order valence-electron chi connectivity index (χ0n) is 11.2. The zero-order chi connectivity index (χ0) is 13.8. The number of rotatable bonds is 4. The van der Waals surface area contributed by atoms with E-state index in [-0.39, 0.29) is 11.8 Å². The number of carbonyl (C=O) groups is 2. The molecule has 0 radical (unpaired) electrons. The van der Waals surface area contributed by atoms with Gasteiger partial charge in [0, 0.05) is 12.1 Å². The molecular formula is C14H18N2O3. The van der Waals surface area contributed by atoms with Crippen LogP contribution in [0.25, 0.3) is 0 Å². The fourth-order valence-corrected chi connectivity index (χ4v) is 1.83. The molecule has 19 heavy (non-hydrogen) atoms. The van der Waals surface area contributed by atoms with Gasteiger partial charge in [0.15, 0.2) is 6.10 Å². The molecule has 102 valence electrons. The van der Waals surface area contributed by atoms with Crippen molar-refractivity contribution >= 4 is 17.5 Å². The standard InChI is InChI=1S/C14H18N2O3/c1-3-4-7-15-14(18)10-5-6-12-11(8-10)16-13(17)9(2)19-12/h5-6,8-9H,3-4,7H2,1-2H3,(H,15,18)(H,16,17). The fraction of sp³-hybridized carbons (Fsp3) is 0.429. The minimum atomic E-state index is -0.503. The van der Waals surface area contributed by atoms with Crippen LogP contribution in [0.5, 0.6) is 5.75 Å². The van der Waals surface area contributed by atoms with Crippen LogP contribution >= 0.6 is 0 Å². The number of hydrogen-bond acceptors (Lipinski definition) is 3. The molecule has 1 aliphatic rings. The number of carbonyl (C=O) groups excluding carboxylic acids is 2. The minimum Gasteiger partial charge on any atom is -0.479 e. The summed E-state index contributed by atoms with van der Waals surface area (Å²) in [4.78, 5) is 23.4. The molecule has 2 amide bonds. The summed E-state index contributed by atoms with van der Waals surface area (Å²) < 4.78 is 5.43. The largest absolute Gasteiger partial charge is 0.479 e. The first-order chi connectivity index (χ1) is 9.11. The summed E-state index contributed by atoms with van der Waals surface area (Å²) in [5.74, 6) is 0.261. The van der Waals surface area contributed by atoms with Crippen LogP contribution < -0.4 is 15.4 Å². The van der Waals surface area contributed by atoms with Gasteiger partial charge in [0.2, 0.25) is 0 Å². The molecule has 2 rings (SSSR count). The van der Waals surface area contributed by atoms with Crippen molar-refractivity contribution in [3.05, 3.63) is 23.8 Å². The minimum absolute atomic E-state index is 0.135. The molecule has 0 saturated carbocycles. The van der Waals surface area contributed by atoms with E-state index in [0.29, 0.717) is 23.5 Å². The number of anilines is 1. The van der Waals surface area contributed by atoms with E-state index in [2.05, 4.69) is 17.6 Å². The molecule has 0 spiro atoms. The van der Waals surface area contributed by atoms with Crippen LogP contribution in [-0.2, 0) is 4.79 Å². The molecule has 5 nitrogen and oxygen atoms in total. The molecule has 0 saturated heterocycles. The Hall–Kier alpha value is -2.04. The number of fused-ring (bicyclic) bond motifs is 1. The first-order valence-corrected chi connectivity index (χ1v) is 6.51. The maximum atomic E-state index is 11.9. The van der Waals surface area contributed by atoms with Gasteiger partial charge in [0.25, 0.3) is 11.8 Å². The summed E-state index contributed by atoms with van der Waals surface area (Å²) in [6.07, 6.45) is 1.48. The molecule has 1 aromatic rings. The quantitative estimate of drug-likeness (QED) is 0.815. The van der Waals surface area contributed by atoms with Crippen LogP contribution in [0.2, 0.25) is 0 Å². The van der Waals surface area contributed by atoms with E-state index in [1.165, 1.54) is 0 Å². The maximum absolute atomic E-state index is 11.9. The molecule has 0 fully saturated rings. The number of nitrogens with one attached hydrogen (secondary N) is 2. The third kappa shape index (κ3) is 3.05. The van der Waals surface area contributed by atoms with Gasteiger partial charge in [-0.3, -0.25) is 9.59 Å². The molecule has 1 atom stereocenters. The summed E-state index contributed by atoms with van der Waals surface area (Å²) in [5, 5.41) is 5.56. The van der Waals surface area contributed by atoms with Crippen molar-refractivity contribution in [2.75, 3.05) is 11.9 Å². The van der Waals surface area contributed by atoms with E-state index < -0.39 is 6.10 Å². The molecule has 1 unspecified atom stereocenters. The predicted octanol–water partition coefficient (Wildman–Crippen LogP) is 1.94. The molecule has 5 heteroatoms. The van der Waals surface area contributed by atoms with Crippen LogP contribution in [0.3, 0.4) is 0 Å². The van der Waals surface area contributed by atoms with Gasteiger partial charge < -0.3 is 15.4 Å². The van der Waals surface area contributed by atoms with Crippen molar-refractivity contribution in [2.24, 2.45) is 0 Å². The van der Waals surface area contributed by atoms with Crippen molar-refractivity contribution in [3.8, 4) is 5.75 Å². The molecule has 1 aromatic carbocycles. The second-order valence-electron chi connectivity index (χ2n) is 4.57. The number of benzene rings is 1. The van der Waals surface area contributed by atoms with Crippen LogP contribution in [0, 0.1) is 0 Å². The molecule has 0 aromatic heterocycles.